The molecule has 0 fully saturated rings. The molecule has 2 rings (SSSR count). The van der Waals surface area contributed by atoms with Crippen LogP contribution in [0.25, 0.3) is 0 Å². The average Bonchev–Trinajstić information content (AvgIpc) is 2.35. The SMILES string of the molecule is O=C1C=CC=C2C(=O)NC=C12. The van der Waals surface area contributed by atoms with E-state index in [4.69, 9.17) is 0 Å². The van der Waals surface area contributed by atoms with Crippen LogP contribution in [0.5, 0.6) is 0 Å². The van der Waals surface area contributed by atoms with Crippen LogP contribution in [-0.2, 0) is 9.59 Å². The maximum Gasteiger partial charge on any atom is 0.256 e. The Balaban J connectivity index is 2.54. The maximum atomic E-state index is 11.0. The molecule has 1 aliphatic carbocycles. The van der Waals surface area contributed by atoms with Gasteiger partial charge in [0.2, 0.25) is 0 Å². The van der Waals surface area contributed by atoms with Crippen molar-refractivity contribution in [2.24, 2.45) is 0 Å². The fourth-order valence-corrected chi connectivity index (χ4v) is 1.11. The van der Waals surface area contributed by atoms with Gasteiger partial charge in [0.1, 0.15) is 0 Å². The molecule has 1 N–H and O–H groups in total. The molecule has 0 atom stereocenters. The van der Waals surface area contributed by atoms with Crippen LogP contribution in [0, 0.1) is 0 Å². The molecule has 1 heterocycles. The molecule has 0 unspecified atom stereocenters. The zero-order valence-corrected chi connectivity index (χ0v) is 5.63. The van der Waals surface area contributed by atoms with Crippen LogP contribution in [0.4, 0.5) is 0 Å². The van der Waals surface area contributed by atoms with Crippen molar-refractivity contribution in [3.05, 3.63) is 35.6 Å². The highest BCUT2D eigenvalue weighted by Crippen LogP contribution is 2.19. The van der Waals surface area contributed by atoms with Crippen molar-refractivity contribution in [3.8, 4) is 0 Å². The van der Waals surface area contributed by atoms with Crippen molar-refractivity contribution in [3.63, 3.8) is 0 Å². The van der Waals surface area contributed by atoms with Crippen LogP contribution in [0.15, 0.2) is 35.6 Å². The highest BCUT2D eigenvalue weighted by atomic mass is 16.2. The smallest absolute Gasteiger partial charge is 0.256 e. The predicted molar refractivity (Wildman–Crippen MR) is 38.5 cm³/mol. The molecule has 0 radical (unpaired) electrons. The lowest BCUT2D eigenvalue weighted by Crippen LogP contribution is -2.13. The van der Waals surface area contributed by atoms with E-state index in [0.29, 0.717) is 11.1 Å². The Morgan fingerprint density at radius 1 is 1.18 bits per heavy atom. The Labute approximate surface area is 63.1 Å². The predicted octanol–water partition coefficient (Wildman–Crippen LogP) is 0.0654. The lowest BCUT2D eigenvalue weighted by Gasteiger charge is -2.00. The lowest BCUT2D eigenvalue weighted by molar-refractivity contribution is -0.116. The Morgan fingerprint density at radius 2 is 2.00 bits per heavy atom. The number of amides is 1. The minimum absolute atomic E-state index is 0.110. The highest BCUT2D eigenvalue weighted by Gasteiger charge is 2.25. The molecule has 3 nitrogen and oxygen atoms in total. The molecule has 0 saturated carbocycles. The Bertz CT molecular complexity index is 334. The van der Waals surface area contributed by atoms with Crippen LogP contribution in [0.3, 0.4) is 0 Å². The van der Waals surface area contributed by atoms with Crippen molar-refractivity contribution in [1.29, 1.82) is 0 Å². The molecule has 1 aliphatic heterocycles. The molecule has 0 saturated heterocycles. The van der Waals surface area contributed by atoms with E-state index in [0.717, 1.165) is 0 Å². The summed E-state index contributed by atoms with van der Waals surface area (Å²) in [5.74, 6) is -0.307. The monoisotopic (exact) mass is 147 g/mol. The lowest BCUT2D eigenvalue weighted by atomic mass is 10.00. The minimum atomic E-state index is -0.197. The number of carbonyl (C=O) groups excluding carboxylic acids is 2. The molecular weight excluding hydrogens is 142 g/mol. The highest BCUT2D eigenvalue weighted by molar-refractivity contribution is 6.20. The first-order valence-electron chi connectivity index (χ1n) is 3.23. The first kappa shape index (κ1) is 6.09. The van der Waals surface area contributed by atoms with Crippen LogP contribution in [0.1, 0.15) is 0 Å². The second-order valence-corrected chi connectivity index (χ2v) is 2.34. The van der Waals surface area contributed by atoms with Crippen LogP contribution in [0.2, 0.25) is 0 Å². The number of allylic oxidation sites excluding steroid dienone is 3. The number of hydrogen-bond acceptors (Lipinski definition) is 2. The molecule has 0 aromatic carbocycles. The topological polar surface area (TPSA) is 46.2 Å². The van der Waals surface area contributed by atoms with Gasteiger partial charge in [-0.15, -0.1) is 0 Å². The number of nitrogens with one attached hydrogen (secondary N) is 1. The van der Waals surface area contributed by atoms with Crippen molar-refractivity contribution < 1.29 is 9.59 Å². The van der Waals surface area contributed by atoms with E-state index in [1.165, 1.54) is 12.3 Å². The van der Waals surface area contributed by atoms with Gasteiger partial charge in [-0.3, -0.25) is 9.59 Å². The summed E-state index contributed by atoms with van der Waals surface area (Å²) in [4.78, 5) is 22.0. The summed E-state index contributed by atoms with van der Waals surface area (Å²) >= 11 is 0. The summed E-state index contributed by atoms with van der Waals surface area (Å²) < 4.78 is 0. The van der Waals surface area contributed by atoms with E-state index in [1.807, 2.05) is 0 Å². The largest absolute Gasteiger partial charge is 0.328 e. The molecule has 0 aromatic rings. The molecule has 2 aliphatic rings. The number of hydrogen-bond donors (Lipinski definition) is 1. The second kappa shape index (κ2) is 1.92. The molecule has 3 heteroatoms. The van der Waals surface area contributed by atoms with Crippen LogP contribution in [-0.4, -0.2) is 11.7 Å². The minimum Gasteiger partial charge on any atom is -0.328 e. The van der Waals surface area contributed by atoms with Gasteiger partial charge < -0.3 is 5.32 Å². The van der Waals surface area contributed by atoms with Crippen molar-refractivity contribution in [2.45, 2.75) is 0 Å². The quantitative estimate of drug-likeness (QED) is 0.526. The fourth-order valence-electron chi connectivity index (χ4n) is 1.11. The van der Waals surface area contributed by atoms with Gasteiger partial charge in [-0.2, -0.15) is 0 Å². The van der Waals surface area contributed by atoms with Gasteiger partial charge in [-0.25, -0.2) is 0 Å². The van der Waals surface area contributed by atoms with E-state index in [1.54, 1.807) is 12.2 Å². The first-order chi connectivity index (χ1) is 5.29. The number of ketones is 1. The van der Waals surface area contributed by atoms with Gasteiger partial charge in [-0.1, -0.05) is 6.08 Å². The summed E-state index contributed by atoms with van der Waals surface area (Å²) in [5, 5.41) is 2.46. The second-order valence-electron chi connectivity index (χ2n) is 2.34. The first-order valence-corrected chi connectivity index (χ1v) is 3.23. The zero-order valence-electron chi connectivity index (χ0n) is 5.63. The Morgan fingerprint density at radius 3 is 2.73 bits per heavy atom. The Hall–Kier alpha value is -1.64. The normalized spacial score (nSPS) is 20.7. The van der Waals surface area contributed by atoms with Gasteiger partial charge >= 0.3 is 0 Å². The molecule has 11 heavy (non-hydrogen) atoms. The fraction of sp³-hybridized carbons (Fsp3) is 0. The molecular formula is C8H5NO2. The summed E-state index contributed by atoms with van der Waals surface area (Å²) in [6, 6.07) is 0. The van der Waals surface area contributed by atoms with Crippen molar-refractivity contribution in [2.75, 3.05) is 0 Å². The van der Waals surface area contributed by atoms with Gasteiger partial charge in [0.05, 0.1) is 11.1 Å². The standard InChI is InChI=1S/C8H5NO2/c10-7-3-1-2-5-6(7)4-9-8(5)11/h1-4H,(H,9,11). The molecule has 0 spiro atoms. The van der Waals surface area contributed by atoms with E-state index in [2.05, 4.69) is 5.32 Å². The molecule has 54 valence electrons. The molecule has 0 aromatic heterocycles. The third-order valence-electron chi connectivity index (χ3n) is 1.66. The molecule has 0 bridgehead atoms. The van der Waals surface area contributed by atoms with Crippen LogP contribution < -0.4 is 5.32 Å². The zero-order chi connectivity index (χ0) is 7.84. The van der Waals surface area contributed by atoms with E-state index in [-0.39, 0.29) is 11.7 Å². The van der Waals surface area contributed by atoms with Crippen LogP contribution >= 0.6 is 0 Å². The van der Waals surface area contributed by atoms with Gasteiger partial charge in [0, 0.05) is 6.20 Å². The number of carbonyl (C=O) groups is 2. The van der Waals surface area contributed by atoms with Gasteiger partial charge in [0.25, 0.3) is 5.91 Å². The third kappa shape index (κ3) is 0.741. The van der Waals surface area contributed by atoms with E-state index < -0.39 is 0 Å². The third-order valence-corrected chi connectivity index (χ3v) is 1.66. The summed E-state index contributed by atoms with van der Waals surface area (Å²) in [7, 11) is 0. The average molecular weight is 147 g/mol. The number of rotatable bonds is 0. The van der Waals surface area contributed by atoms with Crippen molar-refractivity contribution in [1.82, 2.24) is 5.32 Å². The summed E-state index contributed by atoms with van der Waals surface area (Å²) in [5.41, 5.74) is 0.940. The molecule has 1 amide bonds. The van der Waals surface area contributed by atoms with Crippen molar-refractivity contribution >= 4 is 11.7 Å². The maximum absolute atomic E-state index is 11.0. The van der Waals surface area contributed by atoms with Gasteiger partial charge in [-0.05, 0) is 12.2 Å². The number of fused-ring (bicyclic) bond motifs is 1. The van der Waals surface area contributed by atoms with E-state index >= 15 is 0 Å². The van der Waals surface area contributed by atoms with Gasteiger partial charge in [0.15, 0.2) is 5.78 Å². The summed E-state index contributed by atoms with van der Waals surface area (Å²) in [6.45, 7) is 0. The summed E-state index contributed by atoms with van der Waals surface area (Å²) in [6.07, 6.45) is 6.10. The van der Waals surface area contributed by atoms with E-state index in [9.17, 15) is 9.59 Å². The Kier molecular flexibility index (Phi) is 1.06.